The summed E-state index contributed by atoms with van der Waals surface area (Å²) in [5, 5.41) is 7.39. The second kappa shape index (κ2) is 14.6. The van der Waals surface area contributed by atoms with Gasteiger partial charge in [-0.05, 0) is 107 Å². The lowest BCUT2D eigenvalue weighted by Gasteiger charge is -2.35. The molecule has 12 rings (SSSR count). The van der Waals surface area contributed by atoms with Gasteiger partial charge in [-0.15, -0.1) is 0 Å². The van der Waals surface area contributed by atoms with Gasteiger partial charge in [-0.25, -0.2) is 0 Å². The third-order valence-electron chi connectivity index (χ3n) is 13.1. The van der Waals surface area contributed by atoms with Crippen LogP contribution in [0.25, 0.3) is 65.7 Å². The number of hydrogen-bond acceptors (Lipinski definition) is 1. The van der Waals surface area contributed by atoms with Crippen LogP contribution in [-0.2, 0) is 5.41 Å². The van der Waals surface area contributed by atoms with Gasteiger partial charge in [-0.1, -0.05) is 218 Å². The Morgan fingerprint density at radius 2 is 0.806 bits per heavy atom. The fourth-order valence-electron chi connectivity index (χ4n) is 10.4. The van der Waals surface area contributed by atoms with Crippen molar-refractivity contribution in [1.82, 2.24) is 0 Å². The fourth-order valence-corrected chi connectivity index (χ4v) is 10.4. The minimum Gasteiger partial charge on any atom is -0.309 e. The maximum Gasteiger partial charge on any atom is 0.0714 e. The fraction of sp³-hybridized carbons (Fsp3) is 0.0164. The molecule has 0 N–H and O–H groups in total. The Hall–Kier alpha value is -8.00. The topological polar surface area (TPSA) is 3.24 Å². The van der Waals surface area contributed by atoms with E-state index in [1.165, 1.54) is 76.8 Å². The Bertz CT molecular complexity index is 3430. The molecule has 0 aliphatic heterocycles. The molecule has 290 valence electrons. The minimum atomic E-state index is -0.534. The predicted octanol–water partition coefficient (Wildman–Crippen LogP) is 16.3. The molecule has 1 heteroatoms. The first-order valence-corrected chi connectivity index (χ1v) is 21.5. The van der Waals surface area contributed by atoms with Crippen molar-refractivity contribution in [3.05, 3.63) is 271 Å². The summed E-state index contributed by atoms with van der Waals surface area (Å²) in [6.07, 6.45) is 0. The summed E-state index contributed by atoms with van der Waals surface area (Å²) in [4.78, 5) is 2.53. The van der Waals surface area contributed by atoms with E-state index in [-0.39, 0.29) is 0 Å². The van der Waals surface area contributed by atoms with Crippen LogP contribution >= 0.6 is 0 Å². The van der Waals surface area contributed by atoms with Gasteiger partial charge in [0.05, 0.1) is 16.8 Å². The summed E-state index contributed by atoms with van der Waals surface area (Å²) < 4.78 is 0. The quantitative estimate of drug-likeness (QED) is 0.145. The molecule has 1 aliphatic carbocycles. The summed E-state index contributed by atoms with van der Waals surface area (Å²) in [7, 11) is 0. The van der Waals surface area contributed by atoms with Crippen molar-refractivity contribution in [1.29, 1.82) is 0 Å². The molecule has 0 spiro atoms. The van der Waals surface area contributed by atoms with E-state index in [2.05, 4.69) is 254 Å². The van der Waals surface area contributed by atoms with Crippen LogP contribution in [0.1, 0.15) is 22.3 Å². The largest absolute Gasteiger partial charge is 0.309 e. The highest BCUT2D eigenvalue weighted by Gasteiger charge is 2.46. The van der Waals surface area contributed by atoms with Gasteiger partial charge in [-0.2, -0.15) is 0 Å². The normalized spacial score (nSPS) is 12.6. The van der Waals surface area contributed by atoms with Crippen molar-refractivity contribution in [2.75, 3.05) is 4.90 Å². The molecule has 1 aliphatic rings. The molecule has 62 heavy (non-hydrogen) atoms. The van der Waals surface area contributed by atoms with Crippen LogP contribution in [0.5, 0.6) is 0 Å². The number of benzene rings is 11. The SMILES string of the molecule is c1ccc(C2(c3ccccc3)c3ccccc3-c3ccc(N(c4ccccc4-c4cccc(-c5cccc6ccccc56)c4)c4cc5ccccc5c5ccccc45)cc32)cc1. The molecular formula is C61H41N. The average Bonchev–Trinajstić information content (AvgIpc) is 3.65. The molecule has 1 nitrogen and oxygen atoms in total. The lowest BCUT2D eigenvalue weighted by atomic mass is 9.67. The lowest BCUT2D eigenvalue weighted by molar-refractivity contribution is 0.768. The van der Waals surface area contributed by atoms with Gasteiger partial charge in [0, 0.05) is 16.6 Å². The predicted molar refractivity (Wildman–Crippen MR) is 262 cm³/mol. The Labute approximate surface area is 362 Å². The number of para-hydroxylation sites is 1. The molecule has 0 fully saturated rings. The van der Waals surface area contributed by atoms with E-state index in [0.717, 1.165) is 28.2 Å². The summed E-state index contributed by atoms with van der Waals surface area (Å²) in [5.74, 6) is 0. The first-order valence-electron chi connectivity index (χ1n) is 21.5. The zero-order valence-electron chi connectivity index (χ0n) is 34.1. The molecule has 0 radical (unpaired) electrons. The molecule has 11 aromatic rings. The van der Waals surface area contributed by atoms with Gasteiger partial charge in [0.1, 0.15) is 0 Å². The van der Waals surface area contributed by atoms with Crippen molar-refractivity contribution >= 4 is 49.4 Å². The van der Waals surface area contributed by atoms with Gasteiger partial charge < -0.3 is 4.90 Å². The highest BCUT2D eigenvalue weighted by molar-refractivity contribution is 6.15. The van der Waals surface area contributed by atoms with Crippen LogP contribution in [0.4, 0.5) is 17.1 Å². The van der Waals surface area contributed by atoms with Gasteiger partial charge in [0.15, 0.2) is 0 Å². The molecule has 0 aromatic heterocycles. The highest BCUT2D eigenvalue weighted by Crippen LogP contribution is 2.58. The summed E-state index contributed by atoms with van der Waals surface area (Å²) in [6, 6.07) is 91.8. The number of nitrogens with zero attached hydrogens (tertiary/aromatic N) is 1. The number of hydrogen-bond donors (Lipinski definition) is 0. The standard InChI is InChI=1S/C61H41N/c1-3-24-46(25-4-1)61(47-26-5-2-6-27-47)57-35-15-13-32-54(57)55-38-37-48(41-58(55)61)62(60-40-45-20-8-10-29-51(45)53-31-11-12-33-56(53)60)59-36-16-14-30-52(59)44-23-17-22-43(39-44)50-34-18-21-42-19-7-9-28-49(42)50/h1-41H. The van der Waals surface area contributed by atoms with Crippen LogP contribution in [0, 0.1) is 0 Å². The molecule has 0 atom stereocenters. The molecule has 0 bridgehead atoms. The molecule has 11 aromatic carbocycles. The maximum absolute atomic E-state index is 2.53. The van der Waals surface area contributed by atoms with Gasteiger partial charge in [-0.3, -0.25) is 0 Å². The van der Waals surface area contributed by atoms with Crippen LogP contribution in [0.15, 0.2) is 249 Å². The van der Waals surface area contributed by atoms with Crippen LogP contribution in [0.2, 0.25) is 0 Å². The van der Waals surface area contributed by atoms with E-state index >= 15 is 0 Å². The van der Waals surface area contributed by atoms with Crippen molar-refractivity contribution in [3.63, 3.8) is 0 Å². The van der Waals surface area contributed by atoms with Crippen LogP contribution in [-0.4, -0.2) is 0 Å². The molecule has 0 saturated carbocycles. The zero-order valence-corrected chi connectivity index (χ0v) is 34.1. The number of fused-ring (bicyclic) bond motifs is 7. The Morgan fingerprint density at radius 1 is 0.274 bits per heavy atom. The number of rotatable bonds is 7. The minimum absolute atomic E-state index is 0.534. The molecule has 0 heterocycles. The van der Waals surface area contributed by atoms with E-state index in [0.29, 0.717) is 0 Å². The third-order valence-corrected chi connectivity index (χ3v) is 13.1. The van der Waals surface area contributed by atoms with Crippen LogP contribution < -0.4 is 4.90 Å². The van der Waals surface area contributed by atoms with Crippen molar-refractivity contribution in [3.8, 4) is 33.4 Å². The third kappa shape index (κ3) is 5.56. The Balaban J connectivity index is 1.15. The maximum atomic E-state index is 2.53. The van der Waals surface area contributed by atoms with Gasteiger partial charge >= 0.3 is 0 Å². The van der Waals surface area contributed by atoms with E-state index in [4.69, 9.17) is 0 Å². The van der Waals surface area contributed by atoms with Crippen molar-refractivity contribution in [2.45, 2.75) is 5.41 Å². The Kier molecular flexibility index (Phi) is 8.47. The van der Waals surface area contributed by atoms with E-state index in [1.807, 2.05) is 0 Å². The summed E-state index contributed by atoms with van der Waals surface area (Å²) in [6.45, 7) is 0. The molecule has 0 saturated heterocycles. The number of anilines is 3. The molecule has 0 unspecified atom stereocenters. The van der Waals surface area contributed by atoms with E-state index in [9.17, 15) is 0 Å². The first-order chi connectivity index (χ1) is 30.8. The van der Waals surface area contributed by atoms with Gasteiger partial charge in [0.2, 0.25) is 0 Å². The highest BCUT2D eigenvalue weighted by atomic mass is 15.1. The second-order valence-electron chi connectivity index (χ2n) is 16.4. The van der Waals surface area contributed by atoms with Crippen molar-refractivity contribution < 1.29 is 0 Å². The Morgan fingerprint density at radius 3 is 1.58 bits per heavy atom. The van der Waals surface area contributed by atoms with Gasteiger partial charge in [0.25, 0.3) is 0 Å². The van der Waals surface area contributed by atoms with E-state index in [1.54, 1.807) is 0 Å². The first kappa shape index (κ1) is 35.9. The zero-order chi connectivity index (χ0) is 41.0. The van der Waals surface area contributed by atoms with Crippen molar-refractivity contribution in [2.24, 2.45) is 0 Å². The summed E-state index contributed by atoms with van der Waals surface area (Å²) in [5.41, 5.74) is 15.2. The average molecular weight is 788 g/mol. The van der Waals surface area contributed by atoms with E-state index < -0.39 is 5.41 Å². The summed E-state index contributed by atoms with van der Waals surface area (Å²) >= 11 is 0. The molecular weight excluding hydrogens is 747 g/mol. The monoisotopic (exact) mass is 787 g/mol. The second-order valence-corrected chi connectivity index (χ2v) is 16.4. The molecule has 0 amide bonds. The smallest absolute Gasteiger partial charge is 0.0714 e. The lowest BCUT2D eigenvalue weighted by Crippen LogP contribution is -2.28. The van der Waals surface area contributed by atoms with Crippen LogP contribution in [0.3, 0.4) is 0 Å².